The maximum atomic E-state index is 13.0. The average molecular weight is 489 g/mol. The fraction of sp³-hybridized carbons (Fsp3) is 0.417. The monoisotopic (exact) mass is 489 g/mol. The third kappa shape index (κ3) is 5.29. The van der Waals surface area contributed by atoms with Crippen LogP contribution < -0.4 is 15.2 Å². The van der Waals surface area contributed by atoms with E-state index in [0.717, 1.165) is 5.56 Å². The Morgan fingerprint density at radius 2 is 2.09 bits per heavy atom. The van der Waals surface area contributed by atoms with Crippen molar-refractivity contribution in [1.82, 2.24) is 19.5 Å². The number of ether oxygens (including phenoxy) is 2. The highest BCUT2D eigenvalue weighted by atomic mass is 19.4. The Labute approximate surface area is 200 Å². The van der Waals surface area contributed by atoms with Gasteiger partial charge in [-0.05, 0) is 30.5 Å². The van der Waals surface area contributed by atoms with Crippen LogP contribution in [0.15, 0.2) is 35.8 Å². The summed E-state index contributed by atoms with van der Waals surface area (Å²) in [5, 5.41) is 0.165. The number of halogens is 3. The number of pyridine rings is 2. The number of aromatic nitrogens is 4. The lowest BCUT2D eigenvalue weighted by Crippen LogP contribution is -2.39. The summed E-state index contributed by atoms with van der Waals surface area (Å²) < 4.78 is 51.2. The van der Waals surface area contributed by atoms with Crippen molar-refractivity contribution in [3.63, 3.8) is 0 Å². The molecular weight excluding hydrogens is 463 g/mol. The molecule has 11 heteroatoms. The number of fused-ring (bicyclic) bond motifs is 1. The van der Waals surface area contributed by atoms with E-state index in [0.29, 0.717) is 42.7 Å². The van der Waals surface area contributed by atoms with Crippen molar-refractivity contribution in [3.8, 4) is 5.88 Å². The third-order valence-electron chi connectivity index (χ3n) is 6.05. The molecule has 4 rings (SSSR count). The molecular formula is C24H26F3N5O3. The van der Waals surface area contributed by atoms with E-state index < -0.39 is 12.6 Å². The summed E-state index contributed by atoms with van der Waals surface area (Å²) in [6, 6.07) is 5.32. The van der Waals surface area contributed by atoms with Crippen LogP contribution in [0, 0.1) is 6.92 Å². The fourth-order valence-corrected chi connectivity index (χ4v) is 4.01. The number of morpholine rings is 1. The lowest BCUT2D eigenvalue weighted by atomic mass is 10.0. The van der Waals surface area contributed by atoms with Crippen LogP contribution in [0.1, 0.15) is 36.0 Å². The largest absolute Gasteiger partial charge is 0.481 e. The molecule has 1 fully saturated rings. The van der Waals surface area contributed by atoms with E-state index in [1.165, 1.54) is 11.7 Å². The first-order valence-corrected chi connectivity index (χ1v) is 11.1. The van der Waals surface area contributed by atoms with Crippen molar-refractivity contribution in [2.24, 2.45) is 7.05 Å². The Kier molecular flexibility index (Phi) is 6.79. The minimum atomic E-state index is -4.35. The van der Waals surface area contributed by atoms with Crippen molar-refractivity contribution >= 4 is 22.3 Å². The zero-order valence-corrected chi connectivity index (χ0v) is 19.7. The van der Waals surface area contributed by atoms with Gasteiger partial charge in [0.15, 0.2) is 0 Å². The molecule has 1 aliphatic rings. The Bertz CT molecular complexity index is 1320. The summed E-state index contributed by atoms with van der Waals surface area (Å²) in [5.41, 5.74) is 1.15. The maximum absolute atomic E-state index is 13.0. The fourth-order valence-electron chi connectivity index (χ4n) is 4.01. The number of anilines is 1. The summed E-state index contributed by atoms with van der Waals surface area (Å²) in [7, 11) is 3.10. The second-order valence-electron chi connectivity index (χ2n) is 8.40. The number of hydrogen-bond acceptors (Lipinski definition) is 7. The van der Waals surface area contributed by atoms with Crippen LogP contribution in [0.25, 0.3) is 16.5 Å². The first kappa shape index (κ1) is 24.6. The molecule has 3 aromatic heterocycles. The van der Waals surface area contributed by atoms with Crippen molar-refractivity contribution in [2.75, 3.05) is 31.7 Å². The second kappa shape index (κ2) is 9.65. The highest BCUT2D eigenvalue weighted by Crippen LogP contribution is 2.32. The molecule has 0 aromatic carbocycles. The van der Waals surface area contributed by atoms with Crippen LogP contribution in [0.5, 0.6) is 5.88 Å². The minimum absolute atomic E-state index is 0.139. The van der Waals surface area contributed by atoms with E-state index in [1.54, 1.807) is 32.3 Å². The van der Waals surface area contributed by atoms with Crippen molar-refractivity contribution < 1.29 is 22.6 Å². The van der Waals surface area contributed by atoms with E-state index in [9.17, 15) is 18.0 Å². The number of methoxy groups -OCH3 is 1. The lowest BCUT2D eigenvalue weighted by Gasteiger charge is -2.34. The molecule has 1 aliphatic heterocycles. The molecule has 0 saturated carbocycles. The molecule has 1 unspecified atom stereocenters. The first-order chi connectivity index (χ1) is 16.6. The van der Waals surface area contributed by atoms with Crippen LogP contribution in [-0.2, 0) is 11.8 Å². The number of alkyl halides is 3. The number of rotatable bonds is 6. The highest BCUT2D eigenvalue weighted by Gasteiger charge is 2.29. The van der Waals surface area contributed by atoms with Crippen molar-refractivity contribution in [1.29, 1.82) is 0 Å². The summed E-state index contributed by atoms with van der Waals surface area (Å²) in [4.78, 5) is 28.3. The molecule has 0 spiro atoms. The molecule has 186 valence electrons. The van der Waals surface area contributed by atoms with Gasteiger partial charge in [0.1, 0.15) is 17.7 Å². The van der Waals surface area contributed by atoms with E-state index in [4.69, 9.17) is 9.47 Å². The van der Waals surface area contributed by atoms with Crippen LogP contribution in [0.2, 0.25) is 0 Å². The van der Waals surface area contributed by atoms with Gasteiger partial charge in [-0.1, -0.05) is 6.58 Å². The predicted molar refractivity (Wildman–Crippen MR) is 126 cm³/mol. The Morgan fingerprint density at radius 1 is 1.31 bits per heavy atom. The van der Waals surface area contributed by atoms with Crippen molar-refractivity contribution in [3.05, 3.63) is 58.4 Å². The van der Waals surface area contributed by atoms with Gasteiger partial charge < -0.3 is 14.4 Å². The van der Waals surface area contributed by atoms with Gasteiger partial charge in [-0.25, -0.2) is 15.0 Å². The number of hydrogen-bond donors (Lipinski definition) is 0. The van der Waals surface area contributed by atoms with Gasteiger partial charge >= 0.3 is 6.18 Å². The van der Waals surface area contributed by atoms with Gasteiger partial charge in [-0.2, -0.15) is 13.2 Å². The normalized spacial score (nSPS) is 16.5. The number of nitrogens with zero attached hydrogens (tertiary/aromatic N) is 5. The molecule has 0 amide bonds. The summed E-state index contributed by atoms with van der Waals surface area (Å²) >= 11 is 0. The van der Waals surface area contributed by atoms with E-state index >= 15 is 0 Å². The van der Waals surface area contributed by atoms with E-state index in [2.05, 4.69) is 21.5 Å². The topological polar surface area (TPSA) is 82.4 Å². The van der Waals surface area contributed by atoms with Crippen LogP contribution in [0.4, 0.5) is 19.0 Å². The quantitative estimate of drug-likeness (QED) is 0.518. The zero-order chi connectivity index (χ0) is 25.3. The molecule has 0 radical (unpaired) electrons. The van der Waals surface area contributed by atoms with Gasteiger partial charge in [-0.3, -0.25) is 9.36 Å². The molecule has 8 nitrogen and oxygen atoms in total. The number of allylic oxidation sites excluding steroid dienone is 1. The van der Waals surface area contributed by atoms with Gasteiger partial charge in [0.2, 0.25) is 5.88 Å². The molecule has 3 aromatic rings. The average Bonchev–Trinajstić information content (AvgIpc) is 2.84. The van der Waals surface area contributed by atoms with E-state index in [-0.39, 0.29) is 34.7 Å². The Hall–Kier alpha value is -3.47. The lowest BCUT2D eigenvalue weighted by molar-refractivity contribution is -0.133. The highest BCUT2D eigenvalue weighted by molar-refractivity contribution is 5.90. The van der Waals surface area contributed by atoms with Gasteiger partial charge in [-0.15, -0.1) is 0 Å². The second-order valence-corrected chi connectivity index (χ2v) is 8.40. The predicted octanol–water partition coefficient (Wildman–Crippen LogP) is 3.97. The molecule has 1 saturated heterocycles. The minimum Gasteiger partial charge on any atom is -0.481 e. The Morgan fingerprint density at radius 3 is 2.80 bits per heavy atom. The standard InChI is InChI=1S/C24H26F3N5O3/c1-14(5-7-24(25,26)27)22-21-17(29-15(2)31(3)23(21)33)12-19(30-22)32-9-10-35-18(13-32)16-6-8-28-20(11-16)34-4/h6,8,11-12,18H,1,5,7,9-10,13H2,2-4H3. The third-order valence-corrected chi connectivity index (χ3v) is 6.05. The van der Waals surface area contributed by atoms with Crippen LogP contribution in [0.3, 0.4) is 0 Å². The molecule has 4 heterocycles. The SMILES string of the molecule is C=C(CCC(F)(F)F)c1nc(N2CCOC(c3ccnc(OC)c3)C2)cc2nc(C)n(C)c(=O)c12. The molecule has 0 N–H and O–H groups in total. The van der Waals surface area contributed by atoms with E-state index in [1.807, 2.05) is 11.0 Å². The maximum Gasteiger partial charge on any atom is 0.389 e. The molecule has 0 bridgehead atoms. The van der Waals surface area contributed by atoms with Gasteiger partial charge in [0, 0.05) is 44.9 Å². The summed E-state index contributed by atoms with van der Waals surface area (Å²) in [6.45, 7) is 6.88. The smallest absolute Gasteiger partial charge is 0.389 e. The van der Waals surface area contributed by atoms with Crippen LogP contribution >= 0.6 is 0 Å². The van der Waals surface area contributed by atoms with Gasteiger partial charge in [0.05, 0.1) is 30.3 Å². The first-order valence-electron chi connectivity index (χ1n) is 11.1. The zero-order valence-electron chi connectivity index (χ0n) is 19.7. The van der Waals surface area contributed by atoms with Crippen LogP contribution in [-0.4, -0.2) is 52.5 Å². The number of aryl methyl sites for hydroxylation is 1. The summed E-state index contributed by atoms with van der Waals surface area (Å²) in [5.74, 6) is 1.44. The van der Waals surface area contributed by atoms with Crippen molar-refractivity contribution in [2.45, 2.75) is 32.0 Å². The van der Waals surface area contributed by atoms with Gasteiger partial charge in [0.25, 0.3) is 5.56 Å². The molecule has 0 aliphatic carbocycles. The molecule has 35 heavy (non-hydrogen) atoms. The molecule has 1 atom stereocenters. The summed E-state index contributed by atoms with van der Waals surface area (Å²) in [6.07, 6.45) is -4.43. The Balaban J connectivity index is 1.75.